The Labute approximate surface area is 147 Å². The standard InChI is InChI=1S/C22H45N/c1-6-12-19(3)18-20(4)15-16-21(5)23-17-11-9-8-10-14-22(23)13-7-2/h19-22H,6-18H2,1-5H3. The summed E-state index contributed by atoms with van der Waals surface area (Å²) < 4.78 is 0. The summed E-state index contributed by atoms with van der Waals surface area (Å²) >= 11 is 0. The monoisotopic (exact) mass is 323 g/mol. The molecule has 0 aromatic heterocycles. The fraction of sp³-hybridized carbons (Fsp3) is 1.00. The van der Waals surface area contributed by atoms with E-state index < -0.39 is 0 Å². The minimum absolute atomic E-state index is 0.786. The highest BCUT2D eigenvalue weighted by molar-refractivity contribution is 4.79. The molecule has 1 aliphatic rings. The van der Waals surface area contributed by atoms with Gasteiger partial charge in [-0.1, -0.05) is 66.2 Å². The number of nitrogens with zero attached hydrogens (tertiary/aromatic N) is 1. The Morgan fingerprint density at radius 2 is 1.52 bits per heavy atom. The predicted octanol–water partition coefficient (Wildman–Crippen LogP) is 7.05. The van der Waals surface area contributed by atoms with Gasteiger partial charge in [0.15, 0.2) is 0 Å². The fourth-order valence-corrected chi connectivity index (χ4v) is 4.71. The lowest BCUT2D eigenvalue weighted by molar-refractivity contribution is 0.104. The van der Waals surface area contributed by atoms with E-state index in [0.29, 0.717) is 0 Å². The average Bonchev–Trinajstić information content (AvgIpc) is 2.48. The van der Waals surface area contributed by atoms with Crippen molar-refractivity contribution in [3.05, 3.63) is 0 Å². The van der Waals surface area contributed by atoms with E-state index in [1.54, 1.807) is 0 Å². The van der Waals surface area contributed by atoms with Crippen molar-refractivity contribution in [2.75, 3.05) is 6.54 Å². The molecule has 0 amide bonds. The Balaban J connectivity index is 2.43. The topological polar surface area (TPSA) is 3.24 Å². The molecule has 0 bridgehead atoms. The summed E-state index contributed by atoms with van der Waals surface area (Å²) in [6, 6.07) is 1.65. The van der Waals surface area contributed by atoms with E-state index in [1.807, 2.05) is 0 Å². The lowest BCUT2D eigenvalue weighted by Crippen LogP contribution is -2.43. The molecule has 0 radical (unpaired) electrons. The first-order valence-corrected chi connectivity index (χ1v) is 10.8. The van der Waals surface area contributed by atoms with E-state index in [2.05, 4.69) is 39.5 Å². The normalized spacial score (nSPS) is 24.7. The van der Waals surface area contributed by atoms with Crippen LogP contribution in [0.2, 0.25) is 0 Å². The van der Waals surface area contributed by atoms with Crippen LogP contribution in [0.1, 0.15) is 112 Å². The maximum absolute atomic E-state index is 2.89. The van der Waals surface area contributed by atoms with E-state index in [9.17, 15) is 0 Å². The first-order chi connectivity index (χ1) is 11.1. The van der Waals surface area contributed by atoms with Gasteiger partial charge in [-0.25, -0.2) is 0 Å². The van der Waals surface area contributed by atoms with Gasteiger partial charge >= 0.3 is 0 Å². The number of rotatable bonds is 10. The van der Waals surface area contributed by atoms with Crippen molar-refractivity contribution in [3.8, 4) is 0 Å². The summed E-state index contributed by atoms with van der Waals surface area (Å²) in [4.78, 5) is 2.89. The summed E-state index contributed by atoms with van der Waals surface area (Å²) in [5, 5.41) is 0. The molecule has 1 fully saturated rings. The third-order valence-electron chi connectivity index (χ3n) is 6.02. The summed E-state index contributed by atoms with van der Waals surface area (Å²) in [5.41, 5.74) is 0. The van der Waals surface area contributed by atoms with Crippen LogP contribution in [0.5, 0.6) is 0 Å². The molecule has 0 aromatic rings. The second-order valence-electron chi connectivity index (χ2n) is 8.54. The molecule has 1 saturated heterocycles. The SMILES string of the molecule is CCCC(C)CC(C)CCC(C)N1CCCCCCC1CCC. The maximum Gasteiger partial charge on any atom is 0.00979 e. The Morgan fingerprint density at radius 1 is 0.826 bits per heavy atom. The fourth-order valence-electron chi connectivity index (χ4n) is 4.71. The molecule has 0 aliphatic carbocycles. The van der Waals surface area contributed by atoms with E-state index in [1.165, 1.54) is 83.6 Å². The molecule has 1 rings (SSSR count). The highest BCUT2D eigenvalue weighted by Crippen LogP contribution is 2.26. The second-order valence-corrected chi connectivity index (χ2v) is 8.54. The Kier molecular flexibility index (Phi) is 11.3. The van der Waals surface area contributed by atoms with E-state index in [4.69, 9.17) is 0 Å². The van der Waals surface area contributed by atoms with Gasteiger partial charge in [-0.3, -0.25) is 4.90 Å². The zero-order chi connectivity index (χ0) is 17.1. The van der Waals surface area contributed by atoms with Gasteiger partial charge in [0.1, 0.15) is 0 Å². The second kappa shape index (κ2) is 12.3. The summed E-state index contributed by atoms with van der Waals surface area (Å²) in [6.45, 7) is 13.5. The molecule has 1 aliphatic heterocycles. The number of hydrogen-bond acceptors (Lipinski definition) is 1. The molecular weight excluding hydrogens is 278 g/mol. The van der Waals surface area contributed by atoms with Crippen molar-refractivity contribution in [3.63, 3.8) is 0 Å². The zero-order valence-electron chi connectivity index (χ0n) is 16.9. The quantitative estimate of drug-likeness (QED) is 0.416. The van der Waals surface area contributed by atoms with Crippen molar-refractivity contribution in [2.45, 2.75) is 124 Å². The van der Waals surface area contributed by atoms with E-state index in [-0.39, 0.29) is 0 Å². The van der Waals surface area contributed by atoms with Crippen LogP contribution in [0.15, 0.2) is 0 Å². The van der Waals surface area contributed by atoms with Crippen LogP contribution in [-0.2, 0) is 0 Å². The minimum Gasteiger partial charge on any atom is -0.298 e. The first kappa shape index (κ1) is 21.0. The van der Waals surface area contributed by atoms with Crippen molar-refractivity contribution < 1.29 is 0 Å². The van der Waals surface area contributed by atoms with Crippen LogP contribution >= 0.6 is 0 Å². The lowest BCUT2D eigenvalue weighted by Gasteiger charge is -2.38. The van der Waals surface area contributed by atoms with E-state index in [0.717, 1.165) is 23.9 Å². The third-order valence-corrected chi connectivity index (χ3v) is 6.02. The Morgan fingerprint density at radius 3 is 2.22 bits per heavy atom. The highest BCUT2D eigenvalue weighted by Gasteiger charge is 2.24. The van der Waals surface area contributed by atoms with Crippen LogP contribution in [-0.4, -0.2) is 23.5 Å². The van der Waals surface area contributed by atoms with Gasteiger partial charge in [0.05, 0.1) is 0 Å². The molecule has 0 aromatic carbocycles. The molecule has 1 heteroatoms. The highest BCUT2D eigenvalue weighted by atomic mass is 15.2. The summed E-state index contributed by atoms with van der Waals surface area (Å²) in [6.07, 6.45) is 17.0. The van der Waals surface area contributed by atoms with Gasteiger partial charge in [-0.2, -0.15) is 0 Å². The van der Waals surface area contributed by atoms with Gasteiger partial charge in [0, 0.05) is 12.1 Å². The number of hydrogen-bond donors (Lipinski definition) is 0. The first-order valence-electron chi connectivity index (χ1n) is 10.8. The van der Waals surface area contributed by atoms with Crippen molar-refractivity contribution in [2.24, 2.45) is 11.8 Å². The summed E-state index contributed by atoms with van der Waals surface area (Å²) in [5.74, 6) is 1.82. The molecule has 1 nitrogen and oxygen atoms in total. The molecule has 0 saturated carbocycles. The average molecular weight is 324 g/mol. The third kappa shape index (κ3) is 8.57. The molecule has 4 unspecified atom stereocenters. The van der Waals surface area contributed by atoms with Gasteiger partial charge in [0.2, 0.25) is 0 Å². The van der Waals surface area contributed by atoms with Gasteiger partial charge < -0.3 is 0 Å². The van der Waals surface area contributed by atoms with Crippen LogP contribution in [0.4, 0.5) is 0 Å². The molecule has 138 valence electrons. The van der Waals surface area contributed by atoms with Crippen molar-refractivity contribution >= 4 is 0 Å². The van der Waals surface area contributed by atoms with Gasteiger partial charge in [-0.15, -0.1) is 0 Å². The van der Waals surface area contributed by atoms with Crippen LogP contribution in [0.3, 0.4) is 0 Å². The molecule has 0 spiro atoms. The zero-order valence-corrected chi connectivity index (χ0v) is 16.9. The Hall–Kier alpha value is -0.0400. The molecule has 1 heterocycles. The molecule has 23 heavy (non-hydrogen) atoms. The maximum atomic E-state index is 2.89. The van der Waals surface area contributed by atoms with Crippen molar-refractivity contribution in [1.82, 2.24) is 4.90 Å². The largest absolute Gasteiger partial charge is 0.298 e. The van der Waals surface area contributed by atoms with Crippen molar-refractivity contribution in [1.29, 1.82) is 0 Å². The number of likely N-dealkylation sites (tertiary alicyclic amines) is 1. The van der Waals surface area contributed by atoms with Crippen LogP contribution < -0.4 is 0 Å². The molecule has 0 N–H and O–H groups in total. The summed E-state index contributed by atoms with van der Waals surface area (Å²) in [7, 11) is 0. The molecule has 4 atom stereocenters. The smallest absolute Gasteiger partial charge is 0.00979 e. The van der Waals surface area contributed by atoms with Gasteiger partial charge in [-0.05, 0) is 63.8 Å². The lowest BCUT2D eigenvalue weighted by atomic mass is 9.89. The van der Waals surface area contributed by atoms with Gasteiger partial charge in [0.25, 0.3) is 0 Å². The van der Waals surface area contributed by atoms with E-state index >= 15 is 0 Å². The molecular formula is C22H45N. The van der Waals surface area contributed by atoms with Crippen LogP contribution in [0, 0.1) is 11.8 Å². The predicted molar refractivity (Wildman–Crippen MR) is 105 cm³/mol. The van der Waals surface area contributed by atoms with Crippen LogP contribution in [0.25, 0.3) is 0 Å². The minimum atomic E-state index is 0.786. The Bertz CT molecular complexity index is 275.